The van der Waals surface area contributed by atoms with Crippen LogP contribution in [0.4, 0.5) is 22.0 Å². The summed E-state index contributed by atoms with van der Waals surface area (Å²) in [5, 5.41) is 0. The van der Waals surface area contributed by atoms with Gasteiger partial charge in [-0.15, -0.1) is 0 Å². The molecule has 3 rings (SSSR count). The van der Waals surface area contributed by atoms with Crippen LogP contribution >= 0.6 is 15.9 Å². The summed E-state index contributed by atoms with van der Waals surface area (Å²) in [5.41, 5.74) is 3.04. The predicted molar refractivity (Wildman–Crippen MR) is 106 cm³/mol. The van der Waals surface area contributed by atoms with Crippen LogP contribution in [-0.4, -0.2) is 16.8 Å². The van der Waals surface area contributed by atoms with Gasteiger partial charge in [-0.2, -0.15) is 13.2 Å². The van der Waals surface area contributed by atoms with Gasteiger partial charge in [0.2, 0.25) is 11.8 Å². The minimum Gasteiger partial charge on any atom is -0.369 e. The number of aromatic nitrogens is 1. The molecule has 0 aliphatic heterocycles. The average Bonchev–Trinajstić information content (AvgIpc) is 2.67. The number of amides is 1. The lowest BCUT2D eigenvalue weighted by Crippen LogP contribution is -2.49. The summed E-state index contributed by atoms with van der Waals surface area (Å²) >= 11 is 3.43. The van der Waals surface area contributed by atoms with Gasteiger partial charge in [0, 0.05) is 25.0 Å². The maximum atomic E-state index is 14.0. The third-order valence-corrected chi connectivity index (χ3v) is 7.48. The molecular formula is C21H22BrF5N2O. The Morgan fingerprint density at radius 2 is 1.87 bits per heavy atom. The molecule has 1 saturated carbocycles. The van der Waals surface area contributed by atoms with Crippen LogP contribution in [0.3, 0.4) is 0 Å². The number of alkyl halides is 5. The van der Waals surface area contributed by atoms with Crippen LogP contribution in [0.25, 0.3) is 0 Å². The SMILES string of the molecule is CC1C(Br)=CC=CC1(CC1(c2ccc(C(F)(F)F)nc2)CCC(F)(F)CC1)C(N)=O. The van der Waals surface area contributed by atoms with Gasteiger partial charge in [0.1, 0.15) is 5.69 Å². The third-order valence-electron chi connectivity index (χ3n) is 6.53. The van der Waals surface area contributed by atoms with E-state index in [9.17, 15) is 26.7 Å². The van der Waals surface area contributed by atoms with Crippen LogP contribution < -0.4 is 5.73 Å². The highest BCUT2D eigenvalue weighted by Crippen LogP contribution is 2.55. The molecule has 2 unspecified atom stereocenters. The fourth-order valence-corrected chi connectivity index (χ4v) is 5.10. The zero-order valence-corrected chi connectivity index (χ0v) is 17.9. The summed E-state index contributed by atoms with van der Waals surface area (Å²) < 4.78 is 67.5. The summed E-state index contributed by atoms with van der Waals surface area (Å²) in [6.45, 7) is 1.81. The van der Waals surface area contributed by atoms with Gasteiger partial charge in [0.25, 0.3) is 0 Å². The second kappa shape index (κ2) is 7.73. The van der Waals surface area contributed by atoms with Gasteiger partial charge in [-0.1, -0.05) is 47.1 Å². The maximum Gasteiger partial charge on any atom is 0.433 e. The van der Waals surface area contributed by atoms with Crippen LogP contribution in [0.2, 0.25) is 0 Å². The minimum atomic E-state index is -4.60. The van der Waals surface area contributed by atoms with Crippen LogP contribution in [0, 0.1) is 11.3 Å². The van der Waals surface area contributed by atoms with Crippen molar-refractivity contribution >= 4 is 21.8 Å². The van der Waals surface area contributed by atoms with E-state index >= 15 is 0 Å². The normalized spacial score (nSPS) is 28.1. The van der Waals surface area contributed by atoms with E-state index in [4.69, 9.17) is 5.73 Å². The molecule has 1 heterocycles. The Morgan fingerprint density at radius 1 is 1.23 bits per heavy atom. The molecule has 0 aromatic carbocycles. The highest BCUT2D eigenvalue weighted by Gasteiger charge is 2.52. The molecule has 3 nitrogen and oxygen atoms in total. The summed E-state index contributed by atoms with van der Waals surface area (Å²) in [6, 6.07) is 2.15. The first-order valence-electron chi connectivity index (χ1n) is 9.58. The Bertz CT molecular complexity index is 868. The molecule has 0 radical (unpaired) electrons. The van der Waals surface area contributed by atoms with Crippen molar-refractivity contribution in [3.63, 3.8) is 0 Å². The number of allylic oxidation sites excluding steroid dienone is 3. The summed E-state index contributed by atoms with van der Waals surface area (Å²) in [7, 11) is 0. The van der Waals surface area contributed by atoms with Crippen LogP contribution in [0.5, 0.6) is 0 Å². The van der Waals surface area contributed by atoms with Gasteiger partial charge in [0.05, 0.1) is 5.41 Å². The standard InChI is InChI=1S/C21H22BrF5N2O/c1-13-15(22)3-2-6-19(13,17(28)30)12-18(7-9-20(23,24)10-8-18)14-4-5-16(29-11-14)21(25,26)27/h2-6,11,13H,7-10,12H2,1H3,(H2,28,30). The van der Waals surface area contributed by atoms with Gasteiger partial charge in [-0.25, -0.2) is 8.78 Å². The molecule has 2 N–H and O–H groups in total. The second-order valence-electron chi connectivity index (χ2n) is 8.28. The first kappa shape index (κ1) is 22.9. The zero-order chi connectivity index (χ0) is 22.4. The number of carbonyl (C=O) groups is 1. The number of pyridine rings is 1. The molecule has 2 atom stereocenters. The number of primary amides is 1. The van der Waals surface area contributed by atoms with Crippen LogP contribution in [-0.2, 0) is 16.4 Å². The highest BCUT2D eigenvalue weighted by molar-refractivity contribution is 9.11. The predicted octanol–water partition coefficient (Wildman–Crippen LogP) is 5.89. The Hall–Kier alpha value is -1.77. The van der Waals surface area contributed by atoms with Crippen molar-refractivity contribution < 1.29 is 26.7 Å². The molecule has 30 heavy (non-hydrogen) atoms. The molecule has 0 bridgehead atoms. The molecule has 164 valence electrons. The molecule has 1 aromatic heterocycles. The fourth-order valence-electron chi connectivity index (χ4n) is 4.54. The summed E-state index contributed by atoms with van der Waals surface area (Å²) in [4.78, 5) is 16.1. The number of nitrogens with zero attached hydrogens (tertiary/aromatic N) is 1. The Morgan fingerprint density at radius 3 is 2.37 bits per heavy atom. The first-order valence-corrected chi connectivity index (χ1v) is 10.4. The van der Waals surface area contributed by atoms with Gasteiger partial charge in [-0.05, 0) is 40.8 Å². The van der Waals surface area contributed by atoms with E-state index in [2.05, 4.69) is 20.9 Å². The van der Waals surface area contributed by atoms with E-state index in [1.807, 2.05) is 6.92 Å². The molecule has 2 aliphatic carbocycles. The van der Waals surface area contributed by atoms with Crippen molar-refractivity contribution in [3.8, 4) is 0 Å². The lowest BCUT2D eigenvalue weighted by Gasteiger charge is -2.47. The van der Waals surface area contributed by atoms with Crippen molar-refractivity contribution in [2.45, 2.75) is 56.5 Å². The number of nitrogens with two attached hydrogens (primary N) is 1. The fraction of sp³-hybridized carbons (Fsp3) is 0.524. The maximum absolute atomic E-state index is 14.0. The van der Waals surface area contributed by atoms with Gasteiger partial charge in [0.15, 0.2) is 0 Å². The molecule has 0 spiro atoms. The second-order valence-corrected chi connectivity index (χ2v) is 9.20. The molecule has 1 amide bonds. The lowest BCUT2D eigenvalue weighted by molar-refractivity contribution is -0.141. The van der Waals surface area contributed by atoms with Crippen molar-refractivity contribution in [3.05, 3.63) is 52.3 Å². The van der Waals surface area contributed by atoms with E-state index in [0.29, 0.717) is 5.56 Å². The van der Waals surface area contributed by atoms with Gasteiger partial charge < -0.3 is 5.73 Å². The molecule has 1 aromatic rings. The smallest absolute Gasteiger partial charge is 0.369 e. The van der Waals surface area contributed by atoms with E-state index in [-0.39, 0.29) is 25.2 Å². The Labute approximate surface area is 179 Å². The Balaban J connectivity index is 2.06. The molecule has 1 fully saturated rings. The van der Waals surface area contributed by atoms with Crippen LogP contribution in [0.15, 0.2) is 41.0 Å². The summed E-state index contributed by atoms with van der Waals surface area (Å²) in [6.07, 6.45) is 0.955. The number of halogens is 6. The molecule has 9 heteroatoms. The average molecular weight is 493 g/mol. The van der Waals surface area contributed by atoms with Crippen LogP contribution in [0.1, 0.15) is 50.3 Å². The monoisotopic (exact) mass is 492 g/mol. The Kier molecular flexibility index (Phi) is 5.90. The molecule has 2 aliphatic rings. The highest BCUT2D eigenvalue weighted by atomic mass is 79.9. The molecular weight excluding hydrogens is 471 g/mol. The minimum absolute atomic E-state index is 0.0178. The first-order chi connectivity index (χ1) is 13.8. The van der Waals surface area contributed by atoms with E-state index in [1.54, 1.807) is 18.2 Å². The van der Waals surface area contributed by atoms with E-state index in [1.165, 1.54) is 6.07 Å². The van der Waals surface area contributed by atoms with Crippen molar-refractivity contribution in [2.24, 2.45) is 17.1 Å². The lowest BCUT2D eigenvalue weighted by atomic mass is 9.57. The van der Waals surface area contributed by atoms with Crippen molar-refractivity contribution in [2.75, 3.05) is 0 Å². The van der Waals surface area contributed by atoms with E-state index in [0.717, 1.165) is 16.7 Å². The number of carbonyl (C=O) groups excluding carboxylic acids is 1. The third kappa shape index (κ3) is 4.18. The molecule has 0 saturated heterocycles. The van der Waals surface area contributed by atoms with Crippen molar-refractivity contribution in [1.82, 2.24) is 4.98 Å². The zero-order valence-electron chi connectivity index (χ0n) is 16.3. The summed E-state index contributed by atoms with van der Waals surface area (Å²) in [5.74, 6) is -3.80. The van der Waals surface area contributed by atoms with Gasteiger partial charge in [-0.3, -0.25) is 9.78 Å². The topological polar surface area (TPSA) is 56.0 Å². The van der Waals surface area contributed by atoms with E-state index < -0.39 is 47.4 Å². The number of rotatable bonds is 4. The van der Waals surface area contributed by atoms with Crippen molar-refractivity contribution in [1.29, 1.82) is 0 Å². The largest absolute Gasteiger partial charge is 0.433 e. The quantitative estimate of drug-likeness (QED) is 0.532. The number of hydrogen-bond donors (Lipinski definition) is 1. The number of hydrogen-bond acceptors (Lipinski definition) is 2. The van der Waals surface area contributed by atoms with Gasteiger partial charge >= 0.3 is 6.18 Å².